The SMILES string of the molecule is O=C(COC(=O)c1cc(=O)c2ccccc2o1)c1cccc(Br)c1. The van der Waals surface area contributed by atoms with Gasteiger partial charge < -0.3 is 9.15 Å². The third kappa shape index (κ3) is 3.44. The van der Waals surface area contributed by atoms with E-state index < -0.39 is 12.6 Å². The Morgan fingerprint density at radius 1 is 1.04 bits per heavy atom. The Hall–Kier alpha value is -2.73. The van der Waals surface area contributed by atoms with Gasteiger partial charge in [-0.15, -0.1) is 0 Å². The number of esters is 1. The molecule has 0 N–H and O–H groups in total. The standard InChI is InChI=1S/C18H11BrO5/c19-12-5-3-4-11(8-12)15(21)10-23-18(22)17-9-14(20)13-6-1-2-7-16(13)24-17/h1-9H,10H2. The van der Waals surface area contributed by atoms with Crippen molar-refractivity contribution in [1.29, 1.82) is 0 Å². The summed E-state index contributed by atoms with van der Waals surface area (Å²) < 4.78 is 11.1. The van der Waals surface area contributed by atoms with Gasteiger partial charge in [-0.3, -0.25) is 9.59 Å². The van der Waals surface area contributed by atoms with Gasteiger partial charge in [0, 0.05) is 16.1 Å². The molecule has 3 aromatic rings. The van der Waals surface area contributed by atoms with E-state index in [1.165, 1.54) is 0 Å². The first-order chi connectivity index (χ1) is 11.5. The van der Waals surface area contributed by atoms with Gasteiger partial charge in [0.25, 0.3) is 0 Å². The van der Waals surface area contributed by atoms with E-state index in [4.69, 9.17) is 9.15 Å². The molecular formula is C18H11BrO5. The van der Waals surface area contributed by atoms with Crippen LogP contribution in [-0.4, -0.2) is 18.4 Å². The van der Waals surface area contributed by atoms with E-state index in [9.17, 15) is 14.4 Å². The molecule has 0 atom stereocenters. The number of rotatable bonds is 4. The van der Waals surface area contributed by atoms with Crippen LogP contribution in [0.1, 0.15) is 20.9 Å². The number of halogens is 1. The molecule has 0 saturated carbocycles. The van der Waals surface area contributed by atoms with Crippen LogP contribution in [0.15, 0.2) is 68.3 Å². The fourth-order valence-corrected chi connectivity index (χ4v) is 2.55. The molecule has 0 unspecified atom stereocenters. The maximum absolute atomic E-state index is 12.0. The van der Waals surface area contributed by atoms with Gasteiger partial charge in [0.05, 0.1) is 5.39 Å². The second kappa shape index (κ2) is 6.80. The first-order valence-corrected chi connectivity index (χ1v) is 7.83. The van der Waals surface area contributed by atoms with Crippen molar-refractivity contribution in [3.8, 4) is 0 Å². The van der Waals surface area contributed by atoms with Gasteiger partial charge in [-0.05, 0) is 24.3 Å². The summed E-state index contributed by atoms with van der Waals surface area (Å²) in [4.78, 5) is 36.0. The van der Waals surface area contributed by atoms with E-state index in [1.807, 2.05) is 0 Å². The Morgan fingerprint density at radius 3 is 2.62 bits per heavy atom. The quantitative estimate of drug-likeness (QED) is 0.505. The molecule has 0 fully saturated rings. The van der Waals surface area contributed by atoms with Crippen molar-refractivity contribution in [1.82, 2.24) is 0 Å². The summed E-state index contributed by atoms with van der Waals surface area (Å²) in [7, 11) is 0. The largest absolute Gasteiger partial charge is 0.451 e. The predicted octanol–water partition coefficient (Wildman–Crippen LogP) is 3.60. The number of ketones is 1. The van der Waals surface area contributed by atoms with Crippen LogP contribution in [-0.2, 0) is 4.74 Å². The smallest absolute Gasteiger partial charge is 0.374 e. The van der Waals surface area contributed by atoms with Crippen molar-refractivity contribution in [2.75, 3.05) is 6.61 Å². The maximum Gasteiger partial charge on any atom is 0.374 e. The Bertz CT molecular complexity index is 990. The molecule has 1 aromatic heterocycles. The molecule has 120 valence electrons. The van der Waals surface area contributed by atoms with Crippen LogP contribution in [0.25, 0.3) is 11.0 Å². The maximum atomic E-state index is 12.0. The predicted molar refractivity (Wildman–Crippen MR) is 91.2 cm³/mol. The zero-order chi connectivity index (χ0) is 17.1. The van der Waals surface area contributed by atoms with Crippen LogP contribution in [0.3, 0.4) is 0 Å². The molecule has 0 radical (unpaired) electrons. The van der Waals surface area contributed by atoms with Crippen molar-refractivity contribution in [2.24, 2.45) is 0 Å². The Kier molecular flexibility index (Phi) is 4.57. The molecule has 0 bridgehead atoms. The summed E-state index contributed by atoms with van der Waals surface area (Å²) in [5.74, 6) is -1.45. The topological polar surface area (TPSA) is 73.6 Å². The summed E-state index contributed by atoms with van der Waals surface area (Å²) in [5, 5.41) is 0.374. The summed E-state index contributed by atoms with van der Waals surface area (Å²) in [6.07, 6.45) is 0. The van der Waals surface area contributed by atoms with E-state index in [-0.39, 0.29) is 22.6 Å². The van der Waals surface area contributed by atoms with E-state index in [1.54, 1.807) is 48.5 Å². The van der Waals surface area contributed by atoms with Crippen LogP contribution in [0.2, 0.25) is 0 Å². The molecule has 0 saturated heterocycles. The summed E-state index contributed by atoms with van der Waals surface area (Å²) >= 11 is 3.27. The number of para-hydroxylation sites is 1. The van der Waals surface area contributed by atoms with Crippen LogP contribution >= 0.6 is 15.9 Å². The highest BCUT2D eigenvalue weighted by atomic mass is 79.9. The molecule has 0 aliphatic carbocycles. The van der Waals surface area contributed by atoms with Crippen molar-refractivity contribution in [3.63, 3.8) is 0 Å². The zero-order valence-corrected chi connectivity index (χ0v) is 13.9. The van der Waals surface area contributed by atoms with E-state index in [2.05, 4.69) is 15.9 Å². The number of ether oxygens (including phenoxy) is 1. The lowest BCUT2D eigenvalue weighted by Crippen LogP contribution is -2.16. The van der Waals surface area contributed by atoms with Crippen molar-refractivity contribution in [3.05, 3.63) is 80.6 Å². The number of Topliss-reactive ketones (excluding diaryl/α,β-unsaturated/α-hetero) is 1. The van der Waals surface area contributed by atoms with Crippen molar-refractivity contribution in [2.45, 2.75) is 0 Å². The molecule has 0 aliphatic heterocycles. The average Bonchev–Trinajstić information content (AvgIpc) is 2.59. The average molecular weight is 387 g/mol. The first-order valence-electron chi connectivity index (χ1n) is 7.03. The second-order valence-corrected chi connectivity index (χ2v) is 5.90. The van der Waals surface area contributed by atoms with Crippen LogP contribution < -0.4 is 5.43 Å². The summed E-state index contributed by atoms with van der Waals surface area (Å²) in [5.41, 5.74) is 0.356. The Balaban J connectivity index is 1.76. The molecule has 1 heterocycles. The molecule has 0 amide bonds. The highest BCUT2D eigenvalue weighted by molar-refractivity contribution is 9.10. The fourth-order valence-electron chi connectivity index (χ4n) is 2.15. The minimum atomic E-state index is -0.860. The number of hydrogen-bond acceptors (Lipinski definition) is 5. The molecule has 5 nitrogen and oxygen atoms in total. The molecule has 24 heavy (non-hydrogen) atoms. The van der Waals surface area contributed by atoms with Gasteiger partial charge in [-0.2, -0.15) is 0 Å². The van der Waals surface area contributed by atoms with Gasteiger partial charge in [-0.25, -0.2) is 4.79 Å². The number of hydrogen-bond donors (Lipinski definition) is 0. The molecule has 0 aliphatic rings. The first kappa shape index (κ1) is 16.1. The molecule has 3 rings (SSSR count). The molecular weight excluding hydrogens is 376 g/mol. The van der Waals surface area contributed by atoms with E-state index in [0.717, 1.165) is 10.5 Å². The number of fused-ring (bicyclic) bond motifs is 1. The van der Waals surface area contributed by atoms with Gasteiger partial charge in [0.2, 0.25) is 5.76 Å². The van der Waals surface area contributed by atoms with Crippen LogP contribution in [0, 0.1) is 0 Å². The van der Waals surface area contributed by atoms with Crippen molar-refractivity contribution >= 4 is 38.7 Å². The third-order valence-corrected chi connectivity index (χ3v) is 3.81. The van der Waals surface area contributed by atoms with Gasteiger partial charge in [0.15, 0.2) is 17.8 Å². The van der Waals surface area contributed by atoms with Crippen LogP contribution in [0.5, 0.6) is 0 Å². The minimum Gasteiger partial charge on any atom is -0.451 e. The normalized spacial score (nSPS) is 10.5. The van der Waals surface area contributed by atoms with E-state index in [0.29, 0.717) is 10.9 Å². The summed E-state index contributed by atoms with van der Waals surface area (Å²) in [6, 6.07) is 14.4. The monoisotopic (exact) mass is 386 g/mol. The van der Waals surface area contributed by atoms with E-state index >= 15 is 0 Å². The fraction of sp³-hybridized carbons (Fsp3) is 0.0556. The minimum absolute atomic E-state index is 0.235. The number of carbonyl (C=O) groups is 2. The lowest BCUT2D eigenvalue weighted by molar-refractivity contribution is 0.0444. The van der Waals surface area contributed by atoms with Gasteiger partial charge >= 0.3 is 5.97 Å². The Morgan fingerprint density at radius 2 is 1.83 bits per heavy atom. The Labute approximate surface area is 145 Å². The second-order valence-electron chi connectivity index (χ2n) is 4.98. The highest BCUT2D eigenvalue weighted by Gasteiger charge is 2.16. The molecule has 6 heteroatoms. The third-order valence-electron chi connectivity index (χ3n) is 3.32. The molecule has 0 spiro atoms. The number of benzene rings is 2. The van der Waals surface area contributed by atoms with Crippen LogP contribution in [0.4, 0.5) is 0 Å². The molecule has 2 aromatic carbocycles. The highest BCUT2D eigenvalue weighted by Crippen LogP contribution is 2.14. The lowest BCUT2D eigenvalue weighted by Gasteiger charge is -2.05. The lowest BCUT2D eigenvalue weighted by atomic mass is 10.1. The number of carbonyl (C=O) groups excluding carboxylic acids is 2. The summed E-state index contributed by atoms with van der Waals surface area (Å²) in [6.45, 7) is -0.439. The van der Waals surface area contributed by atoms with Gasteiger partial charge in [-0.1, -0.05) is 40.2 Å². The van der Waals surface area contributed by atoms with Gasteiger partial charge in [0.1, 0.15) is 5.58 Å². The zero-order valence-electron chi connectivity index (χ0n) is 12.3. The van der Waals surface area contributed by atoms with Crippen molar-refractivity contribution < 1.29 is 18.7 Å².